The van der Waals surface area contributed by atoms with Crippen LogP contribution in [0.5, 0.6) is 5.75 Å². The van der Waals surface area contributed by atoms with Crippen LogP contribution in [-0.4, -0.2) is 36.6 Å². The van der Waals surface area contributed by atoms with Crippen molar-refractivity contribution in [2.24, 2.45) is 0 Å². The number of aliphatic hydroxyl groups is 1. The first-order chi connectivity index (χ1) is 10.2. The molecule has 1 aromatic rings. The highest BCUT2D eigenvalue weighted by molar-refractivity contribution is 5.35. The molecule has 21 heavy (non-hydrogen) atoms. The summed E-state index contributed by atoms with van der Waals surface area (Å²) in [6.45, 7) is 4.06. The Balaban J connectivity index is 1.70. The Hall–Kier alpha value is -1.10. The first-order valence-electron chi connectivity index (χ1n) is 7.84. The third kappa shape index (κ3) is 3.39. The van der Waals surface area contributed by atoms with E-state index in [0.29, 0.717) is 0 Å². The largest absolute Gasteiger partial charge is 0.490 e. The third-order valence-corrected chi connectivity index (χ3v) is 4.51. The quantitative estimate of drug-likeness (QED) is 0.930. The second-order valence-electron chi connectivity index (χ2n) is 6.09. The highest BCUT2D eigenvalue weighted by Crippen LogP contribution is 2.36. The summed E-state index contributed by atoms with van der Waals surface area (Å²) in [7, 11) is 0. The van der Waals surface area contributed by atoms with Gasteiger partial charge in [0, 0.05) is 31.6 Å². The molecule has 116 valence electrons. The maximum atomic E-state index is 9.86. The normalized spacial score (nSPS) is 26.5. The van der Waals surface area contributed by atoms with E-state index >= 15 is 0 Å². The lowest BCUT2D eigenvalue weighted by atomic mass is 9.85. The summed E-state index contributed by atoms with van der Waals surface area (Å²) in [4.78, 5) is 0. The van der Waals surface area contributed by atoms with Gasteiger partial charge in [0.15, 0.2) is 0 Å². The van der Waals surface area contributed by atoms with Gasteiger partial charge in [0.05, 0.1) is 18.3 Å². The van der Waals surface area contributed by atoms with E-state index in [2.05, 4.69) is 0 Å². The number of ether oxygens (including phenoxy) is 3. The molecule has 0 amide bonds. The fraction of sp³-hybridized carbons (Fsp3) is 0.647. The van der Waals surface area contributed by atoms with Gasteiger partial charge in [-0.15, -0.1) is 0 Å². The summed E-state index contributed by atoms with van der Waals surface area (Å²) in [5.41, 5.74) is 0.783. The molecule has 2 saturated heterocycles. The molecule has 2 aliphatic heterocycles. The van der Waals surface area contributed by atoms with Crippen LogP contribution in [-0.2, 0) is 9.47 Å². The zero-order valence-corrected chi connectivity index (χ0v) is 12.6. The molecule has 1 aromatic carbocycles. The number of benzene rings is 1. The zero-order chi connectivity index (χ0) is 14.7. The van der Waals surface area contributed by atoms with Crippen LogP contribution < -0.4 is 4.74 Å². The molecule has 3 rings (SSSR count). The Morgan fingerprint density at radius 3 is 2.76 bits per heavy atom. The Morgan fingerprint density at radius 1 is 1.24 bits per heavy atom. The van der Waals surface area contributed by atoms with Crippen LogP contribution in [0.25, 0.3) is 0 Å². The number of para-hydroxylation sites is 1. The standard InChI is InChI=1S/C17H24O4/c1-13(18)15-4-2-3-5-16(15)21-14-6-9-20-17(12-14)7-10-19-11-8-17/h2-5,13-14,18H,6-12H2,1H3/t13-,14?/m0/s1. The van der Waals surface area contributed by atoms with Crippen LogP contribution in [0.1, 0.15) is 44.3 Å². The molecule has 2 heterocycles. The molecule has 0 radical (unpaired) electrons. The van der Waals surface area contributed by atoms with E-state index in [1.165, 1.54) is 0 Å². The molecule has 2 aliphatic rings. The minimum Gasteiger partial charge on any atom is -0.490 e. The van der Waals surface area contributed by atoms with Crippen molar-refractivity contribution in [2.45, 2.75) is 50.4 Å². The number of rotatable bonds is 3. The van der Waals surface area contributed by atoms with Crippen LogP contribution in [0.15, 0.2) is 24.3 Å². The van der Waals surface area contributed by atoms with Gasteiger partial charge in [0.2, 0.25) is 0 Å². The molecule has 0 aliphatic carbocycles. The van der Waals surface area contributed by atoms with Gasteiger partial charge in [-0.2, -0.15) is 0 Å². The monoisotopic (exact) mass is 292 g/mol. The molecule has 1 N–H and O–H groups in total. The van der Waals surface area contributed by atoms with E-state index in [1.807, 2.05) is 24.3 Å². The van der Waals surface area contributed by atoms with Crippen molar-refractivity contribution < 1.29 is 19.3 Å². The van der Waals surface area contributed by atoms with Crippen LogP contribution in [0.3, 0.4) is 0 Å². The van der Waals surface area contributed by atoms with Gasteiger partial charge in [0.25, 0.3) is 0 Å². The van der Waals surface area contributed by atoms with Crippen molar-refractivity contribution in [2.75, 3.05) is 19.8 Å². The summed E-state index contributed by atoms with van der Waals surface area (Å²) >= 11 is 0. The third-order valence-electron chi connectivity index (χ3n) is 4.51. The maximum Gasteiger partial charge on any atom is 0.125 e. The average molecular weight is 292 g/mol. The summed E-state index contributed by atoms with van der Waals surface area (Å²) in [5.74, 6) is 0.793. The molecule has 0 bridgehead atoms. The minimum atomic E-state index is -0.516. The Morgan fingerprint density at radius 2 is 2.00 bits per heavy atom. The van der Waals surface area contributed by atoms with E-state index in [0.717, 1.165) is 56.8 Å². The van der Waals surface area contributed by atoms with E-state index < -0.39 is 6.10 Å². The predicted molar refractivity (Wildman–Crippen MR) is 79.5 cm³/mol. The van der Waals surface area contributed by atoms with Gasteiger partial charge in [-0.25, -0.2) is 0 Å². The van der Waals surface area contributed by atoms with Gasteiger partial charge in [0.1, 0.15) is 11.9 Å². The molecule has 0 aromatic heterocycles. The zero-order valence-electron chi connectivity index (χ0n) is 12.6. The van der Waals surface area contributed by atoms with Gasteiger partial charge in [-0.3, -0.25) is 0 Å². The summed E-state index contributed by atoms with van der Waals surface area (Å²) in [6.07, 6.45) is 3.34. The first-order valence-corrected chi connectivity index (χ1v) is 7.84. The molecule has 2 fully saturated rings. The molecule has 2 atom stereocenters. The number of hydrogen-bond donors (Lipinski definition) is 1. The second kappa shape index (κ2) is 6.34. The van der Waals surface area contributed by atoms with E-state index in [9.17, 15) is 5.11 Å². The number of hydrogen-bond acceptors (Lipinski definition) is 4. The fourth-order valence-corrected chi connectivity index (χ4v) is 3.29. The molecule has 1 spiro atoms. The van der Waals surface area contributed by atoms with E-state index in [1.54, 1.807) is 6.92 Å². The van der Waals surface area contributed by atoms with Crippen molar-refractivity contribution in [3.63, 3.8) is 0 Å². The lowest BCUT2D eigenvalue weighted by Crippen LogP contribution is -2.47. The van der Waals surface area contributed by atoms with Crippen molar-refractivity contribution >= 4 is 0 Å². The summed E-state index contributed by atoms with van der Waals surface area (Å²) in [6, 6.07) is 7.74. The molecule has 4 heteroatoms. The summed E-state index contributed by atoms with van der Waals surface area (Å²) in [5, 5.41) is 9.86. The van der Waals surface area contributed by atoms with Crippen molar-refractivity contribution in [1.29, 1.82) is 0 Å². The lowest BCUT2D eigenvalue weighted by Gasteiger charge is -2.43. The van der Waals surface area contributed by atoms with Gasteiger partial charge >= 0.3 is 0 Å². The van der Waals surface area contributed by atoms with Crippen molar-refractivity contribution in [1.82, 2.24) is 0 Å². The summed E-state index contributed by atoms with van der Waals surface area (Å²) < 4.78 is 17.7. The average Bonchev–Trinajstić information content (AvgIpc) is 2.48. The second-order valence-corrected chi connectivity index (χ2v) is 6.09. The highest BCUT2D eigenvalue weighted by Gasteiger charge is 2.40. The van der Waals surface area contributed by atoms with Crippen LogP contribution >= 0.6 is 0 Å². The maximum absolute atomic E-state index is 9.86. The minimum absolute atomic E-state index is 0.0685. The molecular weight excluding hydrogens is 268 g/mol. The van der Waals surface area contributed by atoms with Crippen LogP contribution in [0, 0.1) is 0 Å². The molecular formula is C17H24O4. The first kappa shape index (κ1) is 14.8. The van der Waals surface area contributed by atoms with Crippen LogP contribution in [0.4, 0.5) is 0 Å². The van der Waals surface area contributed by atoms with Crippen LogP contribution in [0.2, 0.25) is 0 Å². The predicted octanol–water partition coefficient (Wildman–Crippen LogP) is 2.85. The topological polar surface area (TPSA) is 47.9 Å². The Bertz CT molecular complexity index is 460. The molecule has 1 unspecified atom stereocenters. The fourth-order valence-electron chi connectivity index (χ4n) is 3.29. The van der Waals surface area contributed by atoms with E-state index in [4.69, 9.17) is 14.2 Å². The molecule has 4 nitrogen and oxygen atoms in total. The Labute approximate surface area is 126 Å². The SMILES string of the molecule is C[C@H](O)c1ccccc1OC1CCOC2(CCOCC2)C1. The molecule has 0 saturated carbocycles. The highest BCUT2D eigenvalue weighted by atomic mass is 16.5. The number of aliphatic hydroxyl groups excluding tert-OH is 1. The Kier molecular flexibility index (Phi) is 4.48. The van der Waals surface area contributed by atoms with Crippen molar-refractivity contribution in [3.8, 4) is 5.75 Å². The van der Waals surface area contributed by atoms with Gasteiger partial charge in [-0.05, 0) is 25.8 Å². The smallest absolute Gasteiger partial charge is 0.125 e. The van der Waals surface area contributed by atoms with Gasteiger partial charge in [-0.1, -0.05) is 18.2 Å². The van der Waals surface area contributed by atoms with E-state index in [-0.39, 0.29) is 11.7 Å². The lowest BCUT2D eigenvalue weighted by molar-refractivity contribution is -0.155. The van der Waals surface area contributed by atoms with Crippen molar-refractivity contribution in [3.05, 3.63) is 29.8 Å². The van der Waals surface area contributed by atoms with Gasteiger partial charge < -0.3 is 19.3 Å².